The van der Waals surface area contributed by atoms with Gasteiger partial charge in [0, 0.05) is 22.7 Å². The molecule has 2 aromatic heterocycles. The van der Waals surface area contributed by atoms with E-state index < -0.39 is 41.6 Å². The van der Waals surface area contributed by atoms with Crippen molar-refractivity contribution in [1.82, 2.24) is 20.2 Å². The van der Waals surface area contributed by atoms with E-state index in [0.717, 1.165) is 16.9 Å². The molecule has 0 radical (unpaired) electrons. The third-order valence-corrected chi connectivity index (χ3v) is 8.16. The van der Waals surface area contributed by atoms with E-state index in [0.29, 0.717) is 10.7 Å². The molecule has 0 spiro atoms. The number of aromatic nitrogens is 2. The van der Waals surface area contributed by atoms with Gasteiger partial charge in [-0.2, -0.15) is 0 Å². The average Bonchev–Trinajstić information content (AvgIpc) is 3.59. The van der Waals surface area contributed by atoms with Crippen molar-refractivity contribution in [3.8, 4) is 11.3 Å². The van der Waals surface area contributed by atoms with Crippen LogP contribution in [0, 0.1) is 5.92 Å². The Morgan fingerprint density at radius 3 is 2.81 bits per heavy atom. The second-order valence-electron chi connectivity index (χ2n) is 9.68. The van der Waals surface area contributed by atoms with Crippen LogP contribution in [-0.2, 0) is 14.3 Å². The quantitative estimate of drug-likeness (QED) is 0.531. The number of alkyl halides is 1. The van der Waals surface area contributed by atoms with Gasteiger partial charge in [0.2, 0.25) is 5.91 Å². The molecule has 3 aliphatic heterocycles. The van der Waals surface area contributed by atoms with Crippen LogP contribution in [0.5, 0.6) is 0 Å². The highest BCUT2D eigenvalue weighted by Crippen LogP contribution is 2.46. The van der Waals surface area contributed by atoms with Crippen molar-refractivity contribution >= 4 is 39.8 Å². The van der Waals surface area contributed by atoms with Gasteiger partial charge in [0.25, 0.3) is 5.91 Å². The van der Waals surface area contributed by atoms with Gasteiger partial charge in [0.15, 0.2) is 16.6 Å². The van der Waals surface area contributed by atoms with Crippen molar-refractivity contribution in [2.24, 2.45) is 5.92 Å². The highest BCUT2D eigenvalue weighted by Gasteiger charge is 2.65. The number of hydrogen-bond donors (Lipinski definition) is 2. The molecule has 2 bridgehead atoms. The van der Waals surface area contributed by atoms with Crippen molar-refractivity contribution in [2.75, 3.05) is 18.5 Å². The number of anilines is 2. The predicted octanol–water partition coefficient (Wildman–Crippen LogP) is 2.97. The minimum Gasteiger partial charge on any atom is -0.364 e. The summed E-state index contributed by atoms with van der Waals surface area (Å²) in [5, 5.41) is 8.60. The summed E-state index contributed by atoms with van der Waals surface area (Å²) in [6, 6.07) is 8.79. The molecule has 5 heterocycles. The zero-order chi connectivity index (χ0) is 25.7. The van der Waals surface area contributed by atoms with Crippen LogP contribution in [0.15, 0.2) is 54.2 Å². The monoisotopic (exact) mass is 521 g/mol. The number of ether oxygens (including phenoxy) is 1. The molecule has 2 amide bonds. The standard InChI is InChI=1S/C26H24FN5O4S/c1-14-9-18(24(35)32-13-26(14,27)22-21(32)20(33)11-36-22)30-23(34)16-6-4-15(5-7-16)19-12-37-25(31-19)29-17-3-2-8-28-10-17/h2-8,10,12,14,18,21-22H,9,11,13H2,1H3,(H,29,31)(H,30,34)/t14?,18?,21?,22-,26+/m0/s1. The number of carbonyl (C=O) groups is 3. The summed E-state index contributed by atoms with van der Waals surface area (Å²) < 4.78 is 21.3. The summed E-state index contributed by atoms with van der Waals surface area (Å²) in [6.07, 6.45) is 2.60. The second kappa shape index (κ2) is 9.00. The first-order chi connectivity index (χ1) is 17.8. The Balaban J connectivity index is 1.15. The molecule has 1 aromatic carbocycles. The number of carbonyl (C=O) groups excluding carboxylic acids is 3. The molecule has 3 aliphatic rings. The first-order valence-corrected chi connectivity index (χ1v) is 12.9. The lowest BCUT2D eigenvalue weighted by atomic mass is 9.82. The molecule has 0 saturated carbocycles. The third-order valence-electron chi connectivity index (χ3n) is 7.40. The number of ketones is 1. The average molecular weight is 522 g/mol. The van der Waals surface area contributed by atoms with Crippen molar-refractivity contribution < 1.29 is 23.5 Å². The number of nitrogens with zero attached hydrogens (tertiary/aromatic N) is 3. The molecule has 0 aliphatic carbocycles. The molecule has 37 heavy (non-hydrogen) atoms. The number of fused-ring (bicyclic) bond motifs is 5. The third kappa shape index (κ3) is 4.08. The topological polar surface area (TPSA) is 114 Å². The Labute approximate surface area is 216 Å². The van der Waals surface area contributed by atoms with Gasteiger partial charge in [-0.3, -0.25) is 19.4 Å². The van der Waals surface area contributed by atoms with E-state index in [2.05, 4.69) is 20.6 Å². The van der Waals surface area contributed by atoms with Crippen molar-refractivity contribution in [2.45, 2.75) is 37.2 Å². The SMILES string of the molecule is CC1CC(NC(=O)c2ccc(-c3csc(Nc4cccnc4)n3)cc2)C(=O)N2C[C@]1(F)[C@H]1OCC(=O)C12. The van der Waals surface area contributed by atoms with Crippen molar-refractivity contribution in [3.05, 3.63) is 59.7 Å². The number of rotatable bonds is 5. The van der Waals surface area contributed by atoms with Crippen LogP contribution >= 0.6 is 11.3 Å². The van der Waals surface area contributed by atoms with Crippen LogP contribution in [0.1, 0.15) is 23.7 Å². The number of benzene rings is 1. The fourth-order valence-electron chi connectivity index (χ4n) is 5.39. The predicted molar refractivity (Wildman–Crippen MR) is 134 cm³/mol. The summed E-state index contributed by atoms with van der Waals surface area (Å²) >= 11 is 1.45. The summed E-state index contributed by atoms with van der Waals surface area (Å²) in [6.45, 7) is 1.31. The number of pyridine rings is 1. The summed E-state index contributed by atoms with van der Waals surface area (Å²) in [5.41, 5.74) is 0.976. The first kappa shape index (κ1) is 23.7. The number of Topliss-reactive ketones (excluding diaryl/α,β-unsaturated/α-hetero) is 1. The molecule has 3 unspecified atom stereocenters. The van der Waals surface area contributed by atoms with Gasteiger partial charge in [-0.1, -0.05) is 19.1 Å². The molecule has 190 valence electrons. The van der Waals surface area contributed by atoms with E-state index in [4.69, 9.17) is 4.74 Å². The molecule has 2 N–H and O–H groups in total. The van der Waals surface area contributed by atoms with E-state index in [9.17, 15) is 14.4 Å². The maximum Gasteiger partial charge on any atom is 0.251 e. The number of halogens is 1. The van der Waals surface area contributed by atoms with Crippen LogP contribution in [-0.4, -0.2) is 69.5 Å². The Bertz CT molecular complexity index is 1370. The summed E-state index contributed by atoms with van der Waals surface area (Å²) in [4.78, 5) is 48.5. The molecule has 3 aromatic rings. The minimum atomic E-state index is -1.81. The first-order valence-electron chi connectivity index (χ1n) is 12.0. The molecule has 6 rings (SSSR count). The lowest BCUT2D eigenvalue weighted by Crippen LogP contribution is -2.53. The van der Waals surface area contributed by atoms with Crippen LogP contribution in [0.25, 0.3) is 11.3 Å². The number of nitrogens with one attached hydrogen (secondary N) is 2. The lowest BCUT2D eigenvalue weighted by molar-refractivity contribution is -0.138. The Kier molecular flexibility index (Phi) is 5.76. The zero-order valence-corrected chi connectivity index (χ0v) is 20.7. The normalized spacial score (nSPS) is 28.6. The maximum absolute atomic E-state index is 15.9. The van der Waals surface area contributed by atoms with E-state index in [1.165, 1.54) is 16.2 Å². The van der Waals surface area contributed by atoms with Crippen molar-refractivity contribution in [3.63, 3.8) is 0 Å². The van der Waals surface area contributed by atoms with Crippen LogP contribution < -0.4 is 10.6 Å². The highest BCUT2D eigenvalue weighted by molar-refractivity contribution is 7.14. The molecule has 11 heteroatoms. The molecule has 3 fully saturated rings. The molecule has 5 atom stereocenters. The van der Waals surface area contributed by atoms with Gasteiger partial charge >= 0.3 is 0 Å². The fraction of sp³-hybridized carbons (Fsp3) is 0.346. The Morgan fingerprint density at radius 1 is 1.24 bits per heavy atom. The van der Waals surface area contributed by atoms with E-state index in [1.807, 2.05) is 17.5 Å². The van der Waals surface area contributed by atoms with Crippen LogP contribution in [0.4, 0.5) is 15.2 Å². The van der Waals surface area contributed by atoms with Crippen LogP contribution in [0.3, 0.4) is 0 Å². The molecule has 3 saturated heterocycles. The van der Waals surface area contributed by atoms with Gasteiger partial charge in [-0.25, -0.2) is 9.37 Å². The van der Waals surface area contributed by atoms with Crippen LogP contribution in [0.2, 0.25) is 0 Å². The number of hydrogen-bond acceptors (Lipinski definition) is 8. The highest BCUT2D eigenvalue weighted by atomic mass is 32.1. The van der Waals surface area contributed by atoms with Gasteiger partial charge in [0.1, 0.15) is 24.8 Å². The van der Waals surface area contributed by atoms with Crippen molar-refractivity contribution in [1.29, 1.82) is 0 Å². The van der Waals surface area contributed by atoms with Gasteiger partial charge in [-0.15, -0.1) is 11.3 Å². The lowest BCUT2D eigenvalue weighted by Gasteiger charge is -2.32. The fourth-order valence-corrected chi connectivity index (χ4v) is 6.13. The Morgan fingerprint density at radius 2 is 2.05 bits per heavy atom. The number of amides is 2. The van der Waals surface area contributed by atoms with E-state index in [-0.39, 0.29) is 25.4 Å². The molecular weight excluding hydrogens is 497 g/mol. The second-order valence-corrected chi connectivity index (χ2v) is 10.5. The molecular formula is C26H24FN5O4S. The minimum absolute atomic E-state index is 0.127. The van der Waals surface area contributed by atoms with Gasteiger partial charge in [0.05, 0.1) is 24.1 Å². The Hall–Kier alpha value is -3.70. The maximum atomic E-state index is 15.9. The zero-order valence-electron chi connectivity index (χ0n) is 19.9. The summed E-state index contributed by atoms with van der Waals surface area (Å²) in [5.74, 6) is -1.76. The smallest absolute Gasteiger partial charge is 0.251 e. The van der Waals surface area contributed by atoms with E-state index in [1.54, 1.807) is 43.6 Å². The largest absolute Gasteiger partial charge is 0.364 e. The van der Waals surface area contributed by atoms with E-state index >= 15 is 4.39 Å². The van der Waals surface area contributed by atoms with Gasteiger partial charge in [-0.05, 0) is 36.6 Å². The molecule has 9 nitrogen and oxygen atoms in total. The summed E-state index contributed by atoms with van der Waals surface area (Å²) in [7, 11) is 0. The van der Waals surface area contributed by atoms with Gasteiger partial charge < -0.3 is 20.3 Å². The number of thiazole rings is 1.